The molecule has 1 rings (SSSR count). The molecule has 3 atom stereocenters. The quantitative estimate of drug-likeness (QED) is 0.432. The van der Waals surface area contributed by atoms with E-state index in [1.54, 1.807) is 13.8 Å². The van der Waals surface area contributed by atoms with Crippen molar-refractivity contribution in [3.8, 4) is 11.8 Å². The SMILES string of the molecule is CC(C)OC(=O)C(C)NP(=O)(NC(C)C(=O)O)Oc1cccc(C#N)c1. The second-order valence-electron chi connectivity index (χ2n) is 5.81. The Hall–Kier alpha value is -2.40. The van der Waals surface area contributed by atoms with Crippen molar-refractivity contribution in [1.29, 1.82) is 5.26 Å². The minimum Gasteiger partial charge on any atom is -0.480 e. The Labute approximate surface area is 151 Å². The molecule has 1 aromatic carbocycles. The van der Waals surface area contributed by atoms with E-state index in [0.29, 0.717) is 0 Å². The van der Waals surface area contributed by atoms with Crippen LogP contribution < -0.4 is 14.7 Å². The van der Waals surface area contributed by atoms with Gasteiger partial charge in [-0.3, -0.25) is 9.59 Å². The summed E-state index contributed by atoms with van der Waals surface area (Å²) in [6, 6.07) is 5.52. The van der Waals surface area contributed by atoms with Gasteiger partial charge in [-0.25, -0.2) is 14.7 Å². The van der Waals surface area contributed by atoms with Crippen LogP contribution in [0.2, 0.25) is 0 Å². The van der Waals surface area contributed by atoms with Gasteiger partial charge in [0.15, 0.2) is 0 Å². The average Bonchev–Trinajstić information content (AvgIpc) is 2.53. The van der Waals surface area contributed by atoms with Crippen LogP contribution in [0.5, 0.6) is 5.75 Å². The summed E-state index contributed by atoms with van der Waals surface area (Å²) in [5, 5.41) is 22.8. The van der Waals surface area contributed by atoms with Crippen LogP contribution in [-0.4, -0.2) is 35.2 Å². The number of hydrogen-bond acceptors (Lipinski definition) is 6. The molecule has 10 heteroatoms. The van der Waals surface area contributed by atoms with Gasteiger partial charge in [0.25, 0.3) is 0 Å². The smallest absolute Gasteiger partial charge is 0.391 e. The number of hydrogen-bond donors (Lipinski definition) is 3. The molecule has 0 aliphatic carbocycles. The number of ether oxygens (including phenoxy) is 1. The maximum Gasteiger partial charge on any atom is 0.391 e. The van der Waals surface area contributed by atoms with E-state index in [1.807, 2.05) is 6.07 Å². The van der Waals surface area contributed by atoms with E-state index in [0.717, 1.165) is 0 Å². The number of aliphatic carboxylic acids is 1. The first-order valence-corrected chi connectivity index (χ1v) is 9.47. The van der Waals surface area contributed by atoms with E-state index in [4.69, 9.17) is 19.6 Å². The third-order valence-electron chi connectivity index (χ3n) is 3.00. The third kappa shape index (κ3) is 6.84. The number of carboxylic acids is 1. The van der Waals surface area contributed by atoms with E-state index in [9.17, 15) is 14.2 Å². The Balaban J connectivity index is 3.05. The monoisotopic (exact) mass is 383 g/mol. The molecule has 3 N–H and O–H groups in total. The summed E-state index contributed by atoms with van der Waals surface area (Å²) in [7, 11) is -4.03. The van der Waals surface area contributed by atoms with Crippen molar-refractivity contribution in [3.63, 3.8) is 0 Å². The van der Waals surface area contributed by atoms with Gasteiger partial charge in [-0.2, -0.15) is 5.26 Å². The number of nitriles is 1. The zero-order chi connectivity index (χ0) is 19.9. The predicted molar refractivity (Wildman–Crippen MR) is 93.5 cm³/mol. The Morgan fingerprint density at radius 3 is 2.35 bits per heavy atom. The van der Waals surface area contributed by atoms with E-state index in [1.165, 1.54) is 38.1 Å². The topological polar surface area (TPSA) is 138 Å². The number of nitrogens with zero attached hydrogens (tertiary/aromatic N) is 1. The molecule has 1 aromatic rings. The number of rotatable bonds is 9. The summed E-state index contributed by atoms with van der Waals surface area (Å²) in [6.45, 7) is 6.03. The Morgan fingerprint density at radius 1 is 1.19 bits per heavy atom. The van der Waals surface area contributed by atoms with Crippen LogP contribution in [0.15, 0.2) is 24.3 Å². The highest BCUT2D eigenvalue weighted by Crippen LogP contribution is 2.40. The lowest BCUT2D eigenvalue weighted by molar-refractivity contribution is -0.149. The molecule has 0 amide bonds. The van der Waals surface area contributed by atoms with Gasteiger partial charge in [-0.15, -0.1) is 0 Å². The standard InChI is InChI=1S/C16H22N3O6P/c1-10(2)24-16(22)12(4)19-26(23,18-11(3)15(20)21)25-14-7-5-6-13(8-14)9-17/h5-8,10-12H,1-4H3,(H,20,21)(H2,18,19,23). The largest absolute Gasteiger partial charge is 0.480 e. The van der Waals surface area contributed by atoms with Crippen molar-refractivity contribution >= 4 is 19.6 Å². The van der Waals surface area contributed by atoms with E-state index >= 15 is 0 Å². The molecule has 0 fully saturated rings. The molecule has 0 heterocycles. The lowest BCUT2D eigenvalue weighted by Crippen LogP contribution is -2.43. The Morgan fingerprint density at radius 2 is 1.81 bits per heavy atom. The van der Waals surface area contributed by atoms with Crippen LogP contribution in [0.1, 0.15) is 33.3 Å². The molecule has 0 bridgehead atoms. The summed E-state index contributed by atoms with van der Waals surface area (Å²) in [5.74, 6) is -1.84. The predicted octanol–water partition coefficient (Wildman–Crippen LogP) is 2.04. The van der Waals surface area contributed by atoms with Gasteiger partial charge in [0.05, 0.1) is 17.7 Å². The molecular formula is C16H22N3O6P. The molecule has 0 saturated heterocycles. The number of nitrogens with one attached hydrogen (secondary N) is 2. The van der Waals surface area contributed by atoms with Gasteiger partial charge >= 0.3 is 19.6 Å². The van der Waals surface area contributed by atoms with Gasteiger partial charge in [-0.1, -0.05) is 6.07 Å². The zero-order valence-corrected chi connectivity index (χ0v) is 15.8. The Bertz CT molecular complexity index is 746. The molecule has 0 saturated carbocycles. The van der Waals surface area contributed by atoms with Crippen molar-refractivity contribution in [2.45, 2.75) is 45.9 Å². The first-order chi connectivity index (χ1) is 12.1. The van der Waals surface area contributed by atoms with Gasteiger partial charge in [0.2, 0.25) is 0 Å². The van der Waals surface area contributed by atoms with Crippen molar-refractivity contribution in [2.75, 3.05) is 0 Å². The lowest BCUT2D eigenvalue weighted by Gasteiger charge is -2.25. The van der Waals surface area contributed by atoms with Gasteiger partial charge < -0.3 is 14.4 Å². The number of carbonyl (C=O) groups is 2. The molecule has 9 nitrogen and oxygen atoms in total. The number of esters is 1. The molecule has 0 aromatic heterocycles. The number of carbonyl (C=O) groups excluding carboxylic acids is 1. The Kier molecular flexibility index (Phi) is 7.77. The normalized spacial score (nSPS) is 15.4. The summed E-state index contributed by atoms with van der Waals surface area (Å²) >= 11 is 0. The molecule has 3 unspecified atom stereocenters. The highest BCUT2D eigenvalue weighted by Gasteiger charge is 2.34. The number of carboxylic acid groups (broad SMARTS) is 1. The maximum absolute atomic E-state index is 13.1. The van der Waals surface area contributed by atoms with Crippen molar-refractivity contribution in [1.82, 2.24) is 10.2 Å². The molecule has 0 aliphatic heterocycles. The first-order valence-electron chi connectivity index (χ1n) is 7.85. The van der Waals surface area contributed by atoms with Crippen LogP contribution in [0.4, 0.5) is 0 Å². The van der Waals surface area contributed by atoms with E-state index in [2.05, 4.69) is 10.2 Å². The van der Waals surface area contributed by atoms with Crippen LogP contribution in [0.3, 0.4) is 0 Å². The highest BCUT2D eigenvalue weighted by atomic mass is 31.2. The van der Waals surface area contributed by atoms with Gasteiger partial charge in [0.1, 0.15) is 17.8 Å². The second kappa shape index (κ2) is 9.34. The minimum absolute atomic E-state index is 0.0781. The van der Waals surface area contributed by atoms with Crippen LogP contribution in [0, 0.1) is 11.3 Å². The summed E-state index contributed by atoms with van der Waals surface area (Å²) in [6.07, 6.45) is -0.370. The maximum atomic E-state index is 13.1. The molecule has 0 spiro atoms. The van der Waals surface area contributed by atoms with Gasteiger partial charge in [0, 0.05) is 0 Å². The van der Waals surface area contributed by atoms with E-state index in [-0.39, 0.29) is 17.4 Å². The van der Waals surface area contributed by atoms with Crippen LogP contribution in [-0.2, 0) is 18.9 Å². The number of benzene rings is 1. The fourth-order valence-corrected chi connectivity index (χ4v) is 3.64. The van der Waals surface area contributed by atoms with Gasteiger partial charge in [-0.05, 0) is 45.9 Å². The first kappa shape index (κ1) is 21.6. The lowest BCUT2D eigenvalue weighted by atomic mass is 10.2. The van der Waals surface area contributed by atoms with Crippen molar-refractivity contribution < 1.29 is 28.5 Å². The summed E-state index contributed by atoms with van der Waals surface area (Å²) in [4.78, 5) is 23.0. The fraction of sp³-hybridized carbons (Fsp3) is 0.438. The highest BCUT2D eigenvalue weighted by molar-refractivity contribution is 7.55. The van der Waals surface area contributed by atoms with Crippen molar-refractivity contribution in [3.05, 3.63) is 29.8 Å². The van der Waals surface area contributed by atoms with Crippen LogP contribution >= 0.6 is 7.67 Å². The van der Waals surface area contributed by atoms with Crippen LogP contribution in [0.25, 0.3) is 0 Å². The molecule has 0 radical (unpaired) electrons. The van der Waals surface area contributed by atoms with E-state index < -0.39 is 31.7 Å². The minimum atomic E-state index is -4.03. The molecular weight excluding hydrogens is 361 g/mol. The second-order valence-corrected chi connectivity index (χ2v) is 7.61. The molecule has 26 heavy (non-hydrogen) atoms. The summed E-state index contributed by atoms with van der Waals surface area (Å²) < 4.78 is 23.5. The zero-order valence-electron chi connectivity index (χ0n) is 14.9. The molecule has 0 aliphatic rings. The summed E-state index contributed by atoms with van der Waals surface area (Å²) in [5.41, 5.74) is 0.271. The molecule has 142 valence electrons. The van der Waals surface area contributed by atoms with Crippen molar-refractivity contribution in [2.24, 2.45) is 0 Å². The third-order valence-corrected chi connectivity index (χ3v) is 4.92. The average molecular weight is 383 g/mol. The fourth-order valence-electron chi connectivity index (χ4n) is 1.81.